The van der Waals surface area contributed by atoms with Crippen molar-refractivity contribution in [1.82, 2.24) is 9.96 Å². The third kappa shape index (κ3) is 4.54. The molecule has 158 valence electrons. The quantitative estimate of drug-likeness (QED) is 0.496. The lowest BCUT2D eigenvalue weighted by atomic mass is 9.77. The molecule has 0 aromatic heterocycles. The van der Waals surface area contributed by atoms with Crippen LogP contribution >= 0.6 is 0 Å². The number of hydrogen-bond acceptors (Lipinski definition) is 5. The van der Waals surface area contributed by atoms with Gasteiger partial charge in [0, 0.05) is 19.5 Å². The van der Waals surface area contributed by atoms with Crippen LogP contribution in [0.1, 0.15) is 44.1 Å². The molecule has 2 aliphatic rings. The predicted octanol–water partition coefficient (Wildman–Crippen LogP) is 3.15. The number of esters is 1. The molecule has 1 spiro atoms. The minimum absolute atomic E-state index is 0.145. The second-order valence-corrected chi connectivity index (χ2v) is 8.10. The standard InChI is InChI=1S/C23H32N2O4/c1-4-16-29-25-21(26)17-20(22(27)28-3)23(25)11-14-24(15-12-23)13-10-18(2)19-8-6-5-7-9-19/h4-9,18,20H,1,10-17H2,2-3H3. The van der Waals surface area contributed by atoms with Crippen molar-refractivity contribution in [2.45, 2.75) is 44.1 Å². The number of nitrogens with zero attached hydrogens (tertiary/aromatic N) is 2. The molecule has 2 unspecified atom stereocenters. The monoisotopic (exact) mass is 400 g/mol. The SMILES string of the molecule is C=CCON1C(=O)CC(C(=O)OC)C12CCN(CCC(C)c1ccccc1)CC2. The van der Waals surface area contributed by atoms with Gasteiger partial charge < -0.3 is 9.64 Å². The second-order valence-electron chi connectivity index (χ2n) is 8.10. The Kier molecular flexibility index (Phi) is 7.09. The van der Waals surface area contributed by atoms with Gasteiger partial charge in [0.1, 0.15) is 0 Å². The lowest BCUT2D eigenvalue weighted by Crippen LogP contribution is -2.57. The summed E-state index contributed by atoms with van der Waals surface area (Å²) < 4.78 is 5.01. The Labute approximate surface area is 173 Å². The lowest BCUT2D eigenvalue weighted by Gasteiger charge is -2.45. The van der Waals surface area contributed by atoms with Crippen LogP contribution in [0.25, 0.3) is 0 Å². The summed E-state index contributed by atoms with van der Waals surface area (Å²) in [7, 11) is 1.38. The largest absolute Gasteiger partial charge is 0.469 e. The highest BCUT2D eigenvalue weighted by molar-refractivity contribution is 5.88. The topological polar surface area (TPSA) is 59.1 Å². The van der Waals surface area contributed by atoms with Crippen LogP contribution in [0.2, 0.25) is 0 Å². The Morgan fingerprint density at radius 2 is 2.00 bits per heavy atom. The Morgan fingerprint density at radius 3 is 2.62 bits per heavy atom. The lowest BCUT2D eigenvalue weighted by molar-refractivity contribution is -0.218. The average Bonchev–Trinajstić information content (AvgIpc) is 3.02. The van der Waals surface area contributed by atoms with E-state index in [2.05, 4.69) is 42.7 Å². The van der Waals surface area contributed by atoms with E-state index in [-0.39, 0.29) is 24.9 Å². The van der Waals surface area contributed by atoms with Crippen molar-refractivity contribution < 1.29 is 19.2 Å². The number of benzene rings is 1. The molecule has 0 radical (unpaired) electrons. The molecule has 2 fully saturated rings. The van der Waals surface area contributed by atoms with Crippen LogP contribution in [0.3, 0.4) is 0 Å². The van der Waals surface area contributed by atoms with Crippen molar-refractivity contribution in [3.63, 3.8) is 0 Å². The molecule has 0 N–H and O–H groups in total. The number of methoxy groups -OCH3 is 1. The fraction of sp³-hybridized carbons (Fsp3) is 0.565. The van der Waals surface area contributed by atoms with Crippen molar-refractivity contribution in [1.29, 1.82) is 0 Å². The highest BCUT2D eigenvalue weighted by Gasteiger charge is 2.58. The van der Waals surface area contributed by atoms with E-state index >= 15 is 0 Å². The van der Waals surface area contributed by atoms with Gasteiger partial charge in [0.15, 0.2) is 0 Å². The van der Waals surface area contributed by atoms with Crippen LogP contribution in [0.4, 0.5) is 0 Å². The third-order valence-corrected chi connectivity index (χ3v) is 6.43. The number of likely N-dealkylation sites (tertiary alicyclic amines) is 1. The van der Waals surface area contributed by atoms with Gasteiger partial charge in [0.25, 0.3) is 0 Å². The molecule has 6 heteroatoms. The maximum atomic E-state index is 12.6. The van der Waals surface area contributed by atoms with Crippen LogP contribution in [0.5, 0.6) is 0 Å². The van der Waals surface area contributed by atoms with Crippen LogP contribution in [0.15, 0.2) is 43.0 Å². The van der Waals surface area contributed by atoms with Crippen molar-refractivity contribution in [3.05, 3.63) is 48.6 Å². The number of amides is 1. The molecule has 1 aromatic rings. The van der Waals surface area contributed by atoms with Gasteiger partial charge in [-0.3, -0.25) is 14.4 Å². The van der Waals surface area contributed by atoms with Gasteiger partial charge in [-0.2, -0.15) is 0 Å². The van der Waals surface area contributed by atoms with E-state index in [1.165, 1.54) is 17.7 Å². The third-order valence-electron chi connectivity index (χ3n) is 6.43. The zero-order valence-electron chi connectivity index (χ0n) is 17.5. The number of carbonyl (C=O) groups excluding carboxylic acids is 2. The van der Waals surface area contributed by atoms with Gasteiger partial charge in [-0.25, -0.2) is 5.06 Å². The van der Waals surface area contributed by atoms with E-state index in [1.807, 2.05) is 6.07 Å². The van der Waals surface area contributed by atoms with Gasteiger partial charge in [-0.1, -0.05) is 43.3 Å². The van der Waals surface area contributed by atoms with Gasteiger partial charge >= 0.3 is 5.97 Å². The van der Waals surface area contributed by atoms with Gasteiger partial charge in [0.05, 0.1) is 25.2 Å². The normalized spacial score (nSPS) is 22.6. The highest BCUT2D eigenvalue weighted by atomic mass is 16.7. The van der Waals surface area contributed by atoms with Crippen LogP contribution < -0.4 is 0 Å². The molecule has 2 heterocycles. The number of rotatable bonds is 8. The maximum Gasteiger partial charge on any atom is 0.311 e. The summed E-state index contributed by atoms with van der Waals surface area (Å²) in [5.41, 5.74) is 0.742. The molecule has 2 saturated heterocycles. The van der Waals surface area contributed by atoms with Gasteiger partial charge in [-0.15, -0.1) is 6.58 Å². The first-order valence-electron chi connectivity index (χ1n) is 10.4. The van der Waals surface area contributed by atoms with Crippen molar-refractivity contribution in [3.8, 4) is 0 Å². The smallest absolute Gasteiger partial charge is 0.311 e. The number of piperidine rings is 1. The van der Waals surface area contributed by atoms with Crippen molar-refractivity contribution in [2.24, 2.45) is 5.92 Å². The maximum absolute atomic E-state index is 12.6. The zero-order chi connectivity index (χ0) is 20.9. The molecule has 0 bridgehead atoms. The molecule has 6 nitrogen and oxygen atoms in total. The summed E-state index contributed by atoms with van der Waals surface area (Å²) in [4.78, 5) is 33.1. The predicted molar refractivity (Wildman–Crippen MR) is 111 cm³/mol. The molecular formula is C23H32N2O4. The number of hydroxylamine groups is 2. The molecule has 0 saturated carbocycles. The first-order chi connectivity index (χ1) is 14.0. The van der Waals surface area contributed by atoms with E-state index in [9.17, 15) is 9.59 Å². The Bertz CT molecular complexity index is 713. The summed E-state index contributed by atoms with van der Waals surface area (Å²) in [6.45, 7) is 8.83. The van der Waals surface area contributed by atoms with E-state index in [0.29, 0.717) is 18.8 Å². The second kappa shape index (κ2) is 9.55. The van der Waals surface area contributed by atoms with Crippen molar-refractivity contribution in [2.75, 3.05) is 33.4 Å². The van der Waals surface area contributed by atoms with Crippen LogP contribution in [-0.4, -0.2) is 60.7 Å². The fourth-order valence-corrected chi connectivity index (χ4v) is 4.65. The van der Waals surface area contributed by atoms with Crippen molar-refractivity contribution >= 4 is 11.9 Å². The molecule has 2 aliphatic heterocycles. The fourth-order valence-electron chi connectivity index (χ4n) is 4.65. The minimum Gasteiger partial charge on any atom is -0.469 e. The molecule has 2 atom stereocenters. The van der Waals surface area contributed by atoms with Crippen LogP contribution in [0, 0.1) is 5.92 Å². The molecular weight excluding hydrogens is 368 g/mol. The van der Waals surface area contributed by atoms with E-state index in [4.69, 9.17) is 9.57 Å². The molecule has 0 aliphatic carbocycles. The zero-order valence-corrected chi connectivity index (χ0v) is 17.5. The van der Waals surface area contributed by atoms with Gasteiger partial charge in [-0.05, 0) is 37.3 Å². The number of carbonyl (C=O) groups is 2. The summed E-state index contributed by atoms with van der Waals surface area (Å²) in [5.74, 6) is -0.451. The first-order valence-corrected chi connectivity index (χ1v) is 10.4. The van der Waals surface area contributed by atoms with E-state index in [0.717, 1.165) is 26.1 Å². The highest BCUT2D eigenvalue weighted by Crippen LogP contribution is 2.44. The molecule has 3 rings (SSSR count). The average molecular weight is 401 g/mol. The van der Waals surface area contributed by atoms with Gasteiger partial charge in [0.2, 0.25) is 5.91 Å². The van der Waals surface area contributed by atoms with E-state index < -0.39 is 11.5 Å². The first kappa shape index (κ1) is 21.5. The molecule has 1 amide bonds. The minimum atomic E-state index is -0.616. The Balaban J connectivity index is 1.63. The summed E-state index contributed by atoms with van der Waals surface area (Å²) in [6, 6.07) is 10.6. The van der Waals surface area contributed by atoms with Crippen LogP contribution in [-0.2, 0) is 19.2 Å². The molecule has 1 aromatic carbocycles. The van der Waals surface area contributed by atoms with E-state index in [1.54, 1.807) is 6.08 Å². The summed E-state index contributed by atoms with van der Waals surface area (Å²) >= 11 is 0. The number of ether oxygens (including phenoxy) is 1. The number of hydrogen-bond donors (Lipinski definition) is 0. The molecule has 29 heavy (non-hydrogen) atoms. The summed E-state index contributed by atoms with van der Waals surface area (Å²) in [5, 5.41) is 1.46. The Hall–Kier alpha value is -2.18. The Morgan fingerprint density at radius 1 is 1.31 bits per heavy atom. The summed E-state index contributed by atoms with van der Waals surface area (Å²) in [6.07, 6.45) is 4.25.